The van der Waals surface area contributed by atoms with E-state index in [4.69, 9.17) is 14.7 Å². The molecular formula is C17H15NO4. The van der Waals surface area contributed by atoms with Crippen molar-refractivity contribution >= 4 is 11.7 Å². The first-order valence-electron chi connectivity index (χ1n) is 6.89. The van der Waals surface area contributed by atoms with E-state index in [9.17, 15) is 4.79 Å². The third kappa shape index (κ3) is 2.79. The molecule has 0 unspecified atom stereocenters. The van der Waals surface area contributed by atoms with Crippen LogP contribution in [0.1, 0.15) is 18.9 Å². The molecule has 0 radical (unpaired) electrons. The van der Waals surface area contributed by atoms with Gasteiger partial charge in [-0.3, -0.25) is 0 Å². The first kappa shape index (κ1) is 14.1. The Morgan fingerprint density at radius 3 is 2.59 bits per heavy atom. The van der Waals surface area contributed by atoms with Gasteiger partial charge in [0.1, 0.15) is 11.5 Å². The van der Waals surface area contributed by atoms with Crippen LogP contribution in [0, 0.1) is 0 Å². The molecule has 3 rings (SSSR count). The quantitative estimate of drug-likeness (QED) is 0.938. The molecule has 0 aliphatic carbocycles. The van der Waals surface area contributed by atoms with Crippen LogP contribution in [0.25, 0.3) is 0 Å². The fourth-order valence-electron chi connectivity index (χ4n) is 2.17. The largest absolute Gasteiger partial charge is 0.478 e. The third-order valence-electron chi connectivity index (χ3n) is 3.46. The Bertz CT molecular complexity index is 726. The molecule has 22 heavy (non-hydrogen) atoms. The lowest BCUT2D eigenvalue weighted by atomic mass is 9.96. The minimum absolute atomic E-state index is 0.219. The number of carbonyl (C=O) groups is 1. The number of carboxylic acid groups (broad SMARTS) is 1. The number of carboxylic acids is 1. The topological polar surface area (TPSA) is 68.1 Å². The number of benzene rings is 2. The van der Waals surface area contributed by atoms with Gasteiger partial charge in [0.2, 0.25) is 5.60 Å². The van der Waals surface area contributed by atoms with Crippen molar-refractivity contribution in [2.75, 3.05) is 0 Å². The highest BCUT2D eigenvalue weighted by Crippen LogP contribution is 2.29. The summed E-state index contributed by atoms with van der Waals surface area (Å²) in [6.07, 6.45) is 0.219. The van der Waals surface area contributed by atoms with Crippen molar-refractivity contribution in [1.82, 2.24) is 0 Å². The highest BCUT2D eigenvalue weighted by atomic mass is 16.7. The number of ether oxygens (including phenoxy) is 1. The van der Waals surface area contributed by atoms with E-state index in [-0.39, 0.29) is 6.42 Å². The summed E-state index contributed by atoms with van der Waals surface area (Å²) in [7, 11) is 0. The SMILES string of the molecule is C[C@]1(C(=O)O)CC(c2cccc(Oc3ccccc3)c2)=NO1. The summed E-state index contributed by atoms with van der Waals surface area (Å²) in [5.74, 6) is 0.373. The van der Waals surface area contributed by atoms with Crippen molar-refractivity contribution in [1.29, 1.82) is 0 Å². The van der Waals surface area contributed by atoms with Crippen LogP contribution in [-0.2, 0) is 9.63 Å². The maximum atomic E-state index is 11.2. The van der Waals surface area contributed by atoms with E-state index < -0.39 is 11.6 Å². The Morgan fingerprint density at radius 1 is 1.18 bits per heavy atom. The lowest BCUT2D eigenvalue weighted by Crippen LogP contribution is -2.35. The van der Waals surface area contributed by atoms with E-state index in [1.807, 2.05) is 54.6 Å². The minimum atomic E-state index is -1.30. The van der Waals surface area contributed by atoms with Crippen LogP contribution in [0.3, 0.4) is 0 Å². The number of oxime groups is 1. The van der Waals surface area contributed by atoms with Gasteiger partial charge in [-0.1, -0.05) is 35.5 Å². The molecule has 1 aliphatic rings. The highest BCUT2D eigenvalue weighted by molar-refractivity contribution is 6.04. The number of hydrogen-bond acceptors (Lipinski definition) is 4. The summed E-state index contributed by atoms with van der Waals surface area (Å²) in [4.78, 5) is 16.3. The summed E-state index contributed by atoms with van der Waals surface area (Å²) < 4.78 is 5.77. The Labute approximate surface area is 127 Å². The van der Waals surface area contributed by atoms with Gasteiger partial charge in [0.05, 0.1) is 5.71 Å². The molecule has 0 fully saturated rings. The van der Waals surface area contributed by atoms with Gasteiger partial charge in [0, 0.05) is 12.0 Å². The first-order chi connectivity index (χ1) is 10.6. The molecule has 2 aromatic carbocycles. The van der Waals surface area contributed by atoms with Gasteiger partial charge in [0.25, 0.3) is 0 Å². The lowest BCUT2D eigenvalue weighted by molar-refractivity contribution is -0.160. The van der Waals surface area contributed by atoms with Crippen molar-refractivity contribution in [3.8, 4) is 11.5 Å². The van der Waals surface area contributed by atoms with Gasteiger partial charge < -0.3 is 14.7 Å². The van der Waals surface area contributed by atoms with Gasteiger partial charge in [-0.05, 0) is 31.2 Å². The highest BCUT2D eigenvalue weighted by Gasteiger charge is 2.42. The molecular weight excluding hydrogens is 282 g/mol. The first-order valence-corrected chi connectivity index (χ1v) is 6.89. The molecule has 1 N–H and O–H groups in total. The standard InChI is InChI=1S/C17H15NO4/c1-17(16(19)20)11-15(18-22-17)12-6-5-9-14(10-12)21-13-7-3-2-4-8-13/h2-10H,11H2,1H3,(H,19,20)/t17-/m1/s1. The van der Waals surface area contributed by atoms with Crippen LogP contribution in [-0.4, -0.2) is 22.4 Å². The molecule has 1 aliphatic heterocycles. The predicted molar refractivity (Wildman–Crippen MR) is 81.2 cm³/mol. The monoisotopic (exact) mass is 297 g/mol. The van der Waals surface area contributed by atoms with Crippen molar-refractivity contribution in [3.63, 3.8) is 0 Å². The van der Waals surface area contributed by atoms with Crippen molar-refractivity contribution in [2.45, 2.75) is 18.9 Å². The van der Waals surface area contributed by atoms with Crippen LogP contribution >= 0.6 is 0 Å². The number of aliphatic carboxylic acids is 1. The predicted octanol–water partition coefficient (Wildman–Crippen LogP) is 3.45. The third-order valence-corrected chi connectivity index (χ3v) is 3.46. The minimum Gasteiger partial charge on any atom is -0.478 e. The summed E-state index contributed by atoms with van der Waals surface area (Å²) in [6.45, 7) is 1.51. The Kier molecular flexibility index (Phi) is 3.55. The van der Waals surface area contributed by atoms with E-state index >= 15 is 0 Å². The zero-order chi connectivity index (χ0) is 15.6. The van der Waals surface area contributed by atoms with Gasteiger partial charge >= 0.3 is 5.97 Å². The average molecular weight is 297 g/mol. The molecule has 0 spiro atoms. The van der Waals surface area contributed by atoms with Gasteiger partial charge in [-0.15, -0.1) is 0 Å². The fourth-order valence-corrected chi connectivity index (χ4v) is 2.17. The second-order valence-electron chi connectivity index (χ2n) is 5.28. The van der Waals surface area contributed by atoms with Crippen molar-refractivity contribution in [2.24, 2.45) is 5.16 Å². The molecule has 112 valence electrons. The molecule has 1 heterocycles. The van der Waals surface area contributed by atoms with E-state index in [1.165, 1.54) is 6.92 Å². The van der Waals surface area contributed by atoms with E-state index in [2.05, 4.69) is 5.16 Å². The van der Waals surface area contributed by atoms with Crippen LogP contribution in [0.5, 0.6) is 11.5 Å². The van der Waals surface area contributed by atoms with Crippen LogP contribution in [0.15, 0.2) is 59.8 Å². The molecule has 5 heteroatoms. The number of rotatable bonds is 4. The van der Waals surface area contributed by atoms with Gasteiger partial charge in [-0.2, -0.15) is 0 Å². The van der Waals surface area contributed by atoms with Crippen LogP contribution in [0.2, 0.25) is 0 Å². The second-order valence-corrected chi connectivity index (χ2v) is 5.28. The molecule has 0 bridgehead atoms. The normalized spacial score (nSPS) is 20.1. The second kappa shape index (κ2) is 5.52. The Balaban J connectivity index is 1.79. The zero-order valence-corrected chi connectivity index (χ0v) is 12.0. The maximum Gasteiger partial charge on any atom is 0.351 e. The molecule has 0 saturated carbocycles. The molecule has 2 aromatic rings. The molecule has 0 saturated heterocycles. The number of para-hydroxylation sites is 1. The average Bonchev–Trinajstić information content (AvgIpc) is 2.93. The van der Waals surface area contributed by atoms with Crippen molar-refractivity contribution < 1.29 is 19.5 Å². The van der Waals surface area contributed by atoms with Gasteiger partial charge in [-0.25, -0.2) is 4.79 Å². The summed E-state index contributed by atoms with van der Waals surface area (Å²) >= 11 is 0. The Hall–Kier alpha value is -2.82. The number of nitrogens with zero attached hydrogens (tertiary/aromatic N) is 1. The van der Waals surface area contributed by atoms with Crippen molar-refractivity contribution in [3.05, 3.63) is 60.2 Å². The fraction of sp³-hybridized carbons (Fsp3) is 0.176. The van der Waals surface area contributed by atoms with E-state index in [1.54, 1.807) is 0 Å². The van der Waals surface area contributed by atoms with Crippen LogP contribution in [0.4, 0.5) is 0 Å². The molecule has 5 nitrogen and oxygen atoms in total. The van der Waals surface area contributed by atoms with E-state index in [0.717, 1.165) is 11.3 Å². The zero-order valence-electron chi connectivity index (χ0n) is 12.0. The molecule has 0 aromatic heterocycles. The summed E-state index contributed by atoms with van der Waals surface area (Å²) in [6, 6.07) is 16.8. The van der Waals surface area contributed by atoms with Gasteiger partial charge in [0.15, 0.2) is 0 Å². The van der Waals surface area contributed by atoms with E-state index in [0.29, 0.717) is 11.5 Å². The number of hydrogen-bond donors (Lipinski definition) is 1. The maximum absolute atomic E-state index is 11.2. The summed E-state index contributed by atoms with van der Waals surface area (Å²) in [5, 5.41) is 13.1. The van der Waals surface area contributed by atoms with Crippen LogP contribution < -0.4 is 4.74 Å². The smallest absolute Gasteiger partial charge is 0.351 e. The molecule has 1 atom stereocenters. The Morgan fingerprint density at radius 2 is 1.91 bits per heavy atom. The molecule has 0 amide bonds. The lowest BCUT2D eigenvalue weighted by Gasteiger charge is -2.14. The summed E-state index contributed by atoms with van der Waals surface area (Å²) in [5.41, 5.74) is 0.0906.